The van der Waals surface area contributed by atoms with Gasteiger partial charge < -0.3 is 9.47 Å². The van der Waals surface area contributed by atoms with E-state index < -0.39 is 0 Å². The second-order valence-corrected chi connectivity index (χ2v) is 7.52. The highest BCUT2D eigenvalue weighted by Crippen LogP contribution is 2.44. The molecule has 3 nitrogen and oxygen atoms in total. The molecule has 0 aromatic heterocycles. The molecule has 0 heterocycles. The maximum atomic E-state index is 9.92. The predicted molar refractivity (Wildman–Crippen MR) is 115 cm³/mol. The summed E-state index contributed by atoms with van der Waals surface area (Å²) in [5.41, 5.74) is 2.99. The van der Waals surface area contributed by atoms with Crippen molar-refractivity contribution in [2.45, 2.75) is 25.0 Å². The Morgan fingerprint density at radius 3 is 2.14 bits per heavy atom. The van der Waals surface area contributed by atoms with Gasteiger partial charge in [0.15, 0.2) is 0 Å². The van der Waals surface area contributed by atoms with Gasteiger partial charge in [-0.15, -0.1) is 0 Å². The van der Waals surface area contributed by atoms with Crippen LogP contribution in [0.2, 0.25) is 0 Å². The largest absolute Gasteiger partial charge is 0.497 e. The summed E-state index contributed by atoms with van der Waals surface area (Å²) < 4.78 is 11.5. The lowest BCUT2D eigenvalue weighted by molar-refractivity contribution is 0.103. The van der Waals surface area contributed by atoms with E-state index in [4.69, 9.17) is 9.47 Å². The second-order valence-electron chi connectivity index (χ2n) is 7.52. The van der Waals surface area contributed by atoms with Crippen LogP contribution in [0.1, 0.15) is 29.0 Å². The van der Waals surface area contributed by atoms with E-state index in [2.05, 4.69) is 36.4 Å². The zero-order valence-electron chi connectivity index (χ0n) is 16.3. The first-order valence-electron chi connectivity index (χ1n) is 9.88. The van der Waals surface area contributed by atoms with E-state index in [1.54, 1.807) is 7.11 Å². The molecule has 3 heteroatoms. The molecule has 0 saturated heterocycles. The van der Waals surface area contributed by atoms with Gasteiger partial charge in [-0.25, -0.2) is 0 Å². The zero-order chi connectivity index (χ0) is 19.8. The highest BCUT2D eigenvalue weighted by atomic mass is 16.5. The molecule has 0 unspecified atom stereocenters. The molecular weight excluding hydrogens is 358 g/mol. The fourth-order valence-electron chi connectivity index (χ4n) is 4.24. The van der Waals surface area contributed by atoms with Crippen molar-refractivity contribution in [3.63, 3.8) is 0 Å². The third-order valence-corrected chi connectivity index (χ3v) is 5.87. The Morgan fingerprint density at radius 1 is 0.862 bits per heavy atom. The average molecular weight is 379 g/mol. The van der Waals surface area contributed by atoms with Gasteiger partial charge in [0.05, 0.1) is 25.4 Å². The number of hydrogen-bond acceptors (Lipinski definition) is 3. The summed E-state index contributed by atoms with van der Waals surface area (Å²) >= 11 is 0. The number of benzene rings is 4. The number of nitrogens with zero attached hydrogens (tertiary/aromatic N) is 1. The third-order valence-electron chi connectivity index (χ3n) is 5.87. The summed E-state index contributed by atoms with van der Waals surface area (Å²) in [6.45, 7) is 0.450. The van der Waals surface area contributed by atoms with E-state index in [-0.39, 0.29) is 6.10 Å². The number of methoxy groups -OCH3 is 1. The van der Waals surface area contributed by atoms with Gasteiger partial charge in [-0.3, -0.25) is 0 Å². The SMILES string of the molecule is COc1ccc([C@H]2C[C@@H]2OCc2c(C#N)c3ccccc3c3ccccc23)cc1. The number of nitriles is 1. The van der Waals surface area contributed by atoms with Crippen LogP contribution < -0.4 is 4.74 Å². The standard InChI is InChI=1S/C26H21NO2/c1-28-18-12-10-17(11-13-18)23-14-26(23)29-16-25-22-9-5-3-7-20(22)19-6-2-4-8-21(19)24(25)15-27/h2-13,23,26H,14,16H2,1H3/t23-,26+/m1/s1. The lowest BCUT2D eigenvalue weighted by Gasteiger charge is -2.14. The van der Waals surface area contributed by atoms with Gasteiger partial charge >= 0.3 is 0 Å². The minimum atomic E-state index is 0.195. The van der Waals surface area contributed by atoms with Crippen LogP contribution in [0.4, 0.5) is 0 Å². The van der Waals surface area contributed by atoms with E-state index in [1.807, 2.05) is 42.5 Å². The fraction of sp³-hybridized carbons (Fsp3) is 0.192. The van der Waals surface area contributed by atoms with Crippen molar-refractivity contribution in [1.29, 1.82) is 5.26 Å². The first-order chi connectivity index (χ1) is 14.3. The Bertz CT molecular complexity index is 1240. The van der Waals surface area contributed by atoms with Crippen molar-refractivity contribution in [1.82, 2.24) is 0 Å². The van der Waals surface area contributed by atoms with Gasteiger partial charge in [-0.1, -0.05) is 60.7 Å². The van der Waals surface area contributed by atoms with Gasteiger partial charge in [0, 0.05) is 16.9 Å². The van der Waals surface area contributed by atoms with Crippen LogP contribution in [0, 0.1) is 11.3 Å². The third kappa shape index (κ3) is 3.12. The van der Waals surface area contributed by atoms with Crippen LogP contribution >= 0.6 is 0 Å². The smallest absolute Gasteiger partial charge is 0.118 e. The Morgan fingerprint density at radius 2 is 1.48 bits per heavy atom. The first kappa shape index (κ1) is 17.7. The molecular formula is C26H21NO2. The van der Waals surface area contributed by atoms with E-state index in [0.29, 0.717) is 12.5 Å². The highest BCUT2D eigenvalue weighted by Gasteiger charge is 2.39. The molecule has 5 rings (SSSR count). The summed E-state index contributed by atoms with van der Waals surface area (Å²) in [5.74, 6) is 1.28. The van der Waals surface area contributed by atoms with Gasteiger partial charge in [-0.05, 0) is 40.3 Å². The number of hydrogen-bond donors (Lipinski definition) is 0. The molecule has 0 bridgehead atoms. The van der Waals surface area contributed by atoms with Crippen molar-refractivity contribution in [2.24, 2.45) is 0 Å². The lowest BCUT2D eigenvalue weighted by atomic mass is 9.92. The molecule has 0 radical (unpaired) electrons. The molecule has 0 amide bonds. The summed E-state index contributed by atoms with van der Waals surface area (Å²) in [7, 11) is 1.68. The minimum Gasteiger partial charge on any atom is -0.497 e. The van der Waals surface area contributed by atoms with Crippen LogP contribution in [0.5, 0.6) is 5.75 Å². The molecule has 0 aliphatic heterocycles. The van der Waals surface area contributed by atoms with Gasteiger partial charge in [0.2, 0.25) is 0 Å². The molecule has 1 aliphatic rings. The summed E-state index contributed by atoms with van der Waals surface area (Å²) in [6.07, 6.45) is 1.21. The monoisotopic (exact) mass is 379 g/mol. The fourth-order valence-corrected chi connectivity index (χ4v) is 4.24. The van der Waals surface area contributed by atoms with Gasteiger partial charge in [-0.2, -0.15) is 5.26 Å². The Hall–Kier alpha value is -3.35. The normalized spacial score (nSPS) is 17.9. The summed E-state index contributed by atoms with van der Waals surface area (Å²) in [5, 5.41) is 14.3. The van der Waals surface area contributed by atoms with Gasteiger partial charge in [0.25, 0.3) is 0 Å². The quantitative estimate of drug-likeness (QED) is 0.403. The van der Waals surface area contributed by atoms with Crippen LogP contribution in [-0.4, -0.2) is 13.2 Å². The van der Waals surface area contributed by atoms with Crippen molar-refractivity contribution in [2.75, 3.05) is 7.11 Å². The molecule has 4 aromatic rings. The molecule has 1 saturated carbocycles. The lowest BCUT2D eigenvalue weighted by Crippen LogP contribution is -2.02. The van der Waals surface area contributed by atoms with Crippen LogP contribution in [-0.2, 0) is 11.3 Å². The minimum absolute atomic E-state index is 0.195. The Labute approximate surface area is 170 Å². The number of fused-ring (bicyclic) bond motifs is 3. The second kappa shape index (κ2) is 7.24. The van der Waals surface area contributed by atoms with Crippen molar-refractivity contribution in [3.05, 3.63) is 89.5 Å². The number of ether oxygens (including phenoxy) is 2. The molecule has 2 atom stereocenters. The molecule has 29 heavy (non-hydrogen) atoms. The van der Waals surface area contributed by atoms with Crippen LogP contribution in [0.15, 0.2) is 72.8 Å². The topological polar surface area (TPSA) is 42.2 Å². The zero-order valence-corrected chi connectivity index (χ0v) is 16.3. The average Bonchev–Trinajstić information content (AvgIpc) is 3.57. The number of rotatable bonds is 5. The van der Waals surface area contributed by atoms with E-state index in [9.17, 15) is 5.26 Å². The Kier molecular flexibility index (Phi) is 4.42. The van der Waals surface area contributed by atoms with Crippen LogP contribution in [0.25, 0.3) is 21.5 Å². The maximum absolute atomic E-state index is 9.92. The van der Waals surface area contributed by atoms with Crippen molar-refractivity contribution >= 4 is 21.5 Å². The molecule has 1 aliphatic carbocycles. The van der Waals surface area contributed by atoms with Crippen molar-refractivity contribution in [3.8, 4) is 11.8 Å². The molecule has 142 valence electrons. The van der Waals surface area contributed by atoms with Crippen molar-refractivity contribution < 1.29 is 9.47 Å². The molecule has 1 fully saturated rings. The predicted octanol–water partition coefficient (Wildman–Crippen LogP) is 5.95. The molecule has 0 N–H and O–H groups in total. The highest BCUT2D eigenvalue weighted by molar-refractivity contribution is 6.11. The van der Waals surface area contributed by atoms with Gasteiger partial charge in [0.1, 0.15) is 11.8 Å². The maximum Gasteiger partial charge on any atom is 0.118 e. The molecule has 4 aromatic carbocycles. The van der Waals surface area contributed by atoms with Crippen LogP contribution in [0.3, 0.4) is 0 Å². The summed E-state index contributed by atoms with van der Waals surface area (Å²) in [4.78, 5) is 0. The van der Waals surface area contributed by atoms with E-state index in [1.165, 1.54) is 10.9 Å². The molecule has 0 spiro atoms. The Balaban J connectivity index is 1.45. The van der Waals surface area contributed by atoms with E-state index >= 15 is 0 Å². The first-order valence-corrected chi connectivity index (χ1v) is 9.88. The summed E-state index contributed by atoms with van der Waals surface area (Å²) in [6, 6.07) is 27.1. The van der Waals surface area contributed by atoms with E-state index in [0.717, 1.165) is 39.5 Å².